The summed E-state index contributed by atoms with van der Waals surface area (Å²) in [6.07, 6.45) is 0. The molecule has 0 saturated heterocycles. The van der Waals surface area contributed by atoms with Crippen molar-refractivity contribution in [3.63, 3.8) is 0 Å². The first-order valence-electron chi connectivity index (χ1n) is 0. The van der Waals surface area contributed by atoms with Crippen LogP contribution in [0, 0.1) is 0 Å². The molecule has 100 heavy (non-hydrogen) atoms. The van der Waals surface area contributed by atoms with E-state index in [0.29, 0.717) is 0 Å². The molecule has 0 aromatic carbocycles. The summed E-state index contributed by atoms with van der Waals surface area (Å²) in [6.45, 7) is 0. The second-order valence-electron chi connectivity index (χ2n) is 0. The van der Waals surface area contributed by atoms with Crippen LogP contribution in [0.3, 0.4) is 0 Å². The fraction of sp³-hybridized carbons (Fsp3) is 0. The van der Waals surface area contributed by atoms with Gasteiger partial charge in [-0.3, -0.25) is 0 Å². The number of hydrogen-bond donors (Lipinski definition) is 0. The van der Waals surface area contributed by atoms with E-state index in [2.05, 4.69) is 0 Å². The molecule has 0 N–H and O–H groups in total. The van der Waals surface area contributed by atoms with Crippen LogP contribution in [0.15, 0.2) is 0 Å². The Morgan fingerprint density at radius 3 is 0.0200 bits per heavy atom. The van der Waals surface area contributed by atoms with Gasteiger partial charge in [-0.2, -0.15) is 0 Å². The smallest absolute Gasteiger partial charge is 2.00 e. The SMILES string of the molecule is [Cr+3].[Cr+3].[Cr+3].[Cr+3].[Cr+3].[Cr+3].[Cr+3].[Cr+3].[Cr+3].[Cr+3].[Cr+3].[Cr+3].[Cr+3].[Cr+3].[Cr+3].[Cr+3].[Cr+3].[Cr+3].[Cr+3].[Cr+3].[Cr+3].[Cr+3].[Cr+3].[Cr+3].[Cr+3].[Cr+3].[Cr+3].[Cr+3].[Cr+3].[Cr+3].[Cr+3].[Cr+3].[Cr+3].[Cr+3].[Cr+3].[Cr+3].[Cr+3].[Cr+3].[Cr+3].[Cr+3].[Cr+3].[Cr+3].[Cr+3].[Cr+3].[Cr+3].[Cr+3].[Cr+3].[Cr+3].[Cr+3].[Cr+3].[Cr+3].[Cr+3].[Cr+3].[Cr+3].[Cr+3].[Cr+3].[Cr+3].[Cr+3].[Cr+3].[Cr+3].[Cr+3].[Cr+3].[Cr+3].[Cr+3].[Cr+3].[Cr+3].[Cr+3].[Cr+3].[Cr+3].[Cr+3].[Cr+3].[Cr+3].[Cr+3].[Cr+3].[Cr+3].[Cr+3].[Cr+3].[Cr+3].[Cr+3].[Cr+3].[Cr+3].[Cr+3].[Cr+3].[Cr+3].[Cr+3].[Cr+3].[Cr+3].[Cr+3].[Cr+3].[Cr+3].[Cr+3].[Cr+3].[Cr+3].[Cr+3].[Cr+3].[O-2].[O-2].[O-2].[O-2].[O-2]. The fourth-order valence-electron chi connectivity index (χ4n) is 0. The van der Waals surface area contributed by atoms with Crippen molar-refractivity contribution in [3.05, 3.63) is 0 Å². The predicted molar refractivity (Wildman–Crippen MR) is 3.43 cm³/mol. The molecule has 0 saturated carbocycles. The van der Waals surface area contributed by atoms with Crippen LogP contribution >= 0.6 is 0 Å². The van der Waals surface area contributed by atoms with Crippen LogP contribution in [0.25, 0.3) is 0 Å². The molecule has 0 aliphatic rings. The zero-order valence-corrected chi connectivity index (χ0v) is 162. The standard InChI is InChI=1S/95Cr.5O/q95*+3;5*-2. The van der Waals surface area contributed by atoms with Crippen molar-refractivity contribution in [1.82, 2.24) is 0 Å². The average Bonchev–Trinajstić information content (AvgIpc) is 0. The van der Waals surface area contributed by atoms with Crippen LogP contribution in [0.5, 0.6) is 0 Å². The maximum Gasteiger partial charge on any atom is 3.00 e. The van der Waals surface area contributed by atoms with Gasteiger partial charge >= 0.3 is 1650 Å². The first-order chi connectivity index (χ1) is 0. The van der Waals surface area contributed by atoms with Crippen LogP contribution in [-0.4, -0.2) is 0 Å². The van der Waals surface area contributed by atoms with Gasteiger partial charge in [0.25, 0.3) is 0 Å². The van der Waals surface area contributed by atoms with Crippen LogP contribution in [-0.2, 0) is 1680 Å². The second kappa shape index (κ2) is 1300. The Labute approximate surface area is 1630 Å². The molecular weight excluding hydrogens is 5020 g/mol. The van der Waals surface area contributed by atoms with Crippen molar-refractivity contribution in [3.8, 4) is 0 Å². The van der Waals surface area contributed by atoms with E-state index >= 15 is 0 Å². The molecule has 0 aromatic heterocycles. The summed E-state index contributed by atoms with van der Waals surface area (Å²) >= 11 is 0. The van der Waals surface area contributed by atoms with Gasteiger partial charge in [0.2, 0.25) is 0 Å². The van der Waals surface area contributed by atoms with Gasteiger partial charge in [0.1, 0.15) is 0 Å². The minimum Gasteiger partial charge on any atom is -2.00 e. The number of hydrogen-bond acceptors (Lipinski definition) is 0. The van der Waals surface area contributed by atoms with Crippen molar-refractivity contribution >= 4 is 0 Å². The normalized spacial score (nSPS) is 0. The predicted octanol–water partition coefficient (Wildman–Crippen LogP) is -0.832. The molecule has 0 unspecified atom stereocenters. The molecule has 0 atom stereocenters. The third-order valence-corrected chi connectivity index (χ3v) is 0. The van der Waals surface area contributed by atoms with Gasteiger partial charge in [-0.1, -0.05) is 0 Å². The van der Waals surface area contributed by atoms with Gasteiger partial charge in [0, 0.05) is 0 Å². The van der Waals surface area contributed by atoms with Crippen LogP contribution in [0.2, 0.25) is 0 Å². The Hall–Kier alpha value is 50.4. The van der Waals surface area contributed by atoms with E-state index in [1.807, 2.05) is 0 Å². The van der Waals surface area contributed by atoms with E-state index in [0.717, 1.165) is 0 Å². The van der Waals surface area contributed by atoms with Crippen molar-refractivity contribution < 1.29 is 1680 Å². The maximum absolute atomic E-state index is 0. The average molecular weight is 5020 g/mol. The zero-order chi connectivity index (χ0) is 0. The van der Waals surface area contributed by atoms with E-state index in [1.165, 1.54) is 0 Å². The molecule has 0 heterocycles. The molecule has 0 aliphatic heterocycles. The van der Waals surface area contributed by atoms with Gasteiger partial charge in [0.15, 0.2) is 0 Å². The largest absolute Gasteiger partial charge is 3.00 e. The van der Waals surface area contributed by atoms with E-state index in [-0.39, 0.29) is 1680 Å². The molecule has 5 nitrogen and oxygen atoms in total. The zero-order valence-electron chi connectivity index (χ0n) is 40.8. The monoisotopic (exact) mass is 5010 g/mol. The van der Waals surface area contributed by atoms with Gasteiger partial charge in [-0.05, 0) is 0 Å². The molecule has 100 heteroatoms. The summed E-state index contributed by atoms with van der Waals surface area (Å²) in [5, 5.41) is 0. The Bertz CT molecular complexity index is 28.6. The molecule has 95 radical (unpaired) electrons. The van der Waals surface area contributed by atoms with Gasteiger partial charge < -0.3 is 27.4 Å². The molecule has 0 amide bonds. The fourth-order valence-corrected chi connectivity index (χ4v) is 0. The summed E-state index contributed by atoms with van der Waals surface area (Å²) in [7, 11) is 0. The first-order valence-corrected chi connectivity index (χ1v) is 0. The van der Waals surface area contributed by atoms with E-state index < -0.39 is 0 Å². The maximum atomic E-state index is 0. The molecule has 325 valence electrons. The Morgan fingerprint density at radius 1 is 0.0200 bits per heavy atom. The molecule has 0 fully saturated rings. The molecular formula is Cr95O5+275. The topological polar surface area (TPSA) is 142 Å². The van der Waals surface area contributed by atoms with E-state index in [1.54, 1.807) is 0 Å². The minimum absolute atomic E-state index is 0. The van der Waals surface area contributed by atoms with Crippen molar-refractivity contribution in [2.45, 2.75) is 0 Å². The molecule has 0 rings (SSSR count). The third-order valence-electron chi connectivity index (χ3n) is 0. The Balaban J connectivity index is 0. The number of rotatable bonds is 0. The van der Waals surface area contributed by atoms with Gasteiger partial charge in [-0.15, -0.1) is 0 Å². The molecule has 0 aliphatic carbocycles. The van der Waals surface area contributed by atoms with Gasteiger partial charge in [0.05, 0.1) is 0 Å². The van der Waals surface area contributed by atoms with Gasteiger partial charge in [-0.25, -0.2) is 0 Å². The molecule has 0 spiro atoms. The van der Waals surface area contributed by atoms with Crippen molar-refractivity contribution in [2.75, 3.05) is 0 Å². The van der Waals surface area contributed by atoms with Crippen LogP contribution in [0.1, 0.15) is 0 Å². The summed E-state index contributed by atoms with van der Waals surface area (Å²) in [5.41, 5.74) is 0. The molecule has 0 aromatic rings. The van der Waals surface area contributed by atoms with Crippen molar-refractivity contribution in [2.24, 2.45) is 0 Å². The Kier molecular flexibility index (Phi) is 17100. The quantitative estimate of drug-likeness (QED) is 0.299. The second-order valence-corrected chi connectivity index (χ2v) is 0. The van der Waals surface area contributed by atoms with E-state index in [9.17, 15) is 0 Å². The summed E-state index contributed by atoms with van der Waals surface area (Å²) < 4.78 is 0. The first kappa shape index (κ1) is 1320. The van der Waals surface area contributed by atoms with Crippen LogP contribution in [0.4, 0.5) is 0 Å². The van der Waals surface area contributed by atoms with Crippen molar-refractivity contribution in [1.29, 1.82) is 0 Å². The Morgan fingerprint density at radius 2 is 0.0200 bits per heavy atom. The minimum atomic E-state index is 0. The van der Waals surface area contributed by atoms with Crippen LogP contribution < -0.4 is 0 Å². The third kappa shape index (κ3) is 1270. The summed E-state index contributed by atoms with van der Waals surface area (Å²) in [5.74, 6) is 0. The summed E-state index contributed by atoms with van der Waals surface area (Å²) in [6, 6.07) is 0. The summed E-state index contributed by atoms with van der Waals surface area (Å²) in [4.78, 5) is 0. The van der Waals surface area contributed by atoms with E-state index in [4.69, 9.17) is 0 Å². The molecule has 0 bridgehead atoms.